The summed E-state index contributed by atoms with van der Waals surface area (Å²) in [5.74, 6) is 0.312. The molecule has 18 heavy (non-hydrogen) atoms. The summed E-state index contributed by atoms with van der Waals surface area (Å²) in [7, 11) is 1.39. The van der Waals surface area contributed by atoms with Crippen LogP contribution in [0.4, 0.5) is 13.2 Å². The van der Waals surface area contributed by atoms with Gasteiger partial charge in [0.25, 0.3) is 0 Å². The highest BCUT2D eigenvalue weighted by atomic mass is 19.4. The van der Waals surface area contributed by atoms with Crippen molar-refractivity contribution in [1.29, 1.82) is 0 Å². The third-order valence-corrected chi connectivity index (χ3v) is 3.46. The van der Waals surface area contributed by atoms with Crippen LogP contribution in [0, 0.1) is 0 Å². The highest BCUT2D eigenvalue weighted by molar-refractivity contribution is 5.42. The first-order valence-corrected chi connectivity index (χ1v) is 5.85. The maximum Gasteiger partial charge on any atom is 0.416 e. The van der Waals surface area contributed by atoms with Crippen LogP contribution >= 0.6 is 0 Å². The molecule has 1 aromatic rings. The summed E-state index contributed by atoms with van der Waals surface area (Å²) in [6.45, 7) is 0. The van der Waals surface area contributed by atoms with Crippen molar-refractivity contribution in [1.82, 2.24) is 0 Å². The maximum atomic E-state index is 12.7. The number of alkyl halides is 3. The van der Waals surface area contributed by atoms with Gasteiger partial charge >= 0.3 is 6.18 Å². The van der Waals surface area contributed by atoms with Crippen molar-refractivity contribution >= 4 is 0 Å². The quantitative estimate of drug-likeness (QED) is 0.882. The van der Waals surface area contributed by atoms with E-state index in [9.17, 15) is 18.3 Å². The minimum Gasteiger partial charge on any atom is -0.496 e. The monoisotopic (exact) mass is 260 g/mol. The summed E-state index contributed by atoms with van der Waals surface area (Å²) in [6.07, 6.45) is -1.82. The van der Waals surface area contributed by atoms with Gasteiger partial charge in [-0.15, -0.1) is 0 Å². The molecule has 1 saturated carbocycles. The van der Waals surface area contributed by atoms with E-state index in [-0.39, 0.29) is 5.56 Å². The van der Waals surface area contributed by atoms with Crippen molar-refractivity contribution in [3.8, 4) is 5.75 Å². The Hall–Kier alpha value is -1.23. The van der Waals surface area contributed by atoms with Gasteiger partial charge in [-0.05, 0) is 31.0 Å². The van der Waals surface area contributed by atoms with Crippen molar-refractivity contribution in [2.45, 2.75) is 37.5 Å². The molecule has 5 heteroatoms. The lowest BCUT2D eigenvalue weighted by Crippen LogP contribution is -2.22. The van der Waals surface area contributed by atoms with Crippen molar-refractivity contribution in [3.05, 3.63) is 29.3 Å². The van der Waals surface area contributed by atoms with E-state index in [1.807, 2.05) is 0 Å². The lowest BCUT2D eigenvalue weighted by atomic mass is 9.90. The molecule has 0 atom stereocenters. The lowest BCUT2D eigenvalue weighted by Gasteiger charge is -2.25. The smallest absolute Gasteiger partial charge is 0.416 e. The van der Waals surface area contributed by atoms with Crippen LogP contribution in [-0.4, -0.2) is 12.2 Å². The van der Waals surface area contributed by atoms with E-state index in [0.717, 1.165) is 25.0 Å². The summed E-state index contributed by atoms with van der Waals surface area (Å²) in [4.78, 5) is 0. The number of halogens is 3. The summed E-state index contributed by atoms with van der Waals surface area (Å²) < 4.78 is 43.1. The van der Waals surface area contributed by atoms with E-state index >= 15 is 0 Å². The second kappa shape index (κ2) is 4.46. The first-order valence-electron chi connectivity index (χ1n) is 5.85. The molecule has 2 rings (SSSR count). The van der Waals surface area contributed by atoms with Crippen LogP contribution in [0.1, 0.15) is 36.8 Å². The maximum absolute atomic E-state index is 12.7. The Morgan fingerprint density at radius 3 is 2.33 bits per heavy atom. The topological polar surface area (TPSA) is 29.5 Å². The van der Waals surface area contributed by atoms with Gasteiger partial charge in [0, 0.05) is 5.56 Å². The minimum atomic E-state index is -4.41. The molecular formula is C13H15F3O2. The Bertz CT molecular complexity index is 434. The van der Waals surface area contributed by atoms with Crippen molar-refractivity contribution in [2.75, 3.05) is 7.11 Å². The molecule has 0 heterocycles. The molecule has 0 bridgehead atoms. The van der Waals surface area contributed by atoms with Gasteiger partial charge in [-0.1, -0.05) is 12.8 Å². The molecule has 0 aliphatic heterocycles. The second-order valence-electron chi connectivity index (χ2n) is 4.65. The summed E-state index contributed by atoms with van der Waals surface area (Å²) in [6, 6.07) is 3.25. The molecular weight excluding hydrogens is 245 g/mol. The largest absolute Gasteiger partial charge is 0.496 e. The van der Waals surface area contributed by atoms with Gasteiger partial charge in [0.05, 0.1) is 18.3 Å². The van der Waals surface area contributed by atoms with Gasteiger partial charge in [-0.25, -0.2) is 0 Å². The standard InChI is InChI=1S/C13H15F3O2/c1-18-11-5-4-9(13(14,15)16)8-10(11)12(17)6-2-3-7-12/h4-5,8,17H,2-3,6-7H2,1H3. The Morgan fingerprint density at radius 2 is 1.83 bits per heavy atom. The molecule has 0 aromatic heterocycles. The van der Waals surface area contributed by atoms with E-state index in [1.165, 1.54) is 13.2 Å². The van der Waals surface area contributed by atoms with Crippen molar-refractivity contribution < 1.29 is 23.0 Å². The molecule has 1 aromatic carbocycles. The zero-order valence-electron chi connectivity index (χ0n) is 10.0. The van der Waals surface area contributed by atoms with Crippen LogP contribution in [0.2, 0.25) is 0 Å². The van der Waals surface area contributed by atoms with Gasteiger partial charge in [0.1, 0.15) is 5.75 Å². The summed E-state index contributed by atoms with van der Waals surface area (Å²) in [5, 5.41) is 10.4. The number of benzene rings is 1. The fourth-order valence-electron chi connectivity index (χ4n) is 2.48. The average Bonchev–Trinajstić information content (AvgIpc) is 2.75. The van der Waals surface area contributed by atoms with Crippen LogP contribution in [-0.2, 0) is 11.8 Å². The number of hydrogen-bond donors (Lipinski definition) is 1. The van der Waals surface area contributed by atoms with Gasteiger partial charge in [0.2, 0.25) is 0 Å². The van der Waals surface area contributed by atoms with E-state index in [1.54, 1.807) is 0 Å². The molecule has 0 saturated heterocycles. The molecule has 1 aliphatic carbocycles. The SMILES string of the molecule is COc1ccc(C(F)(F)F)cc1C1(O)CCCC1. The Morgan fingerprint density at radius 1 is 1.22 bits per heavy atom. The number of aliphatic hydroxyl groups is 1. The molecule has 0 unspecified atom stereocenters. The van der Waals surface area contributed by atoms with E-state index in [0.29, 0.717) is 18.6 Å². The molecule has 0 spiro atoms. The van der Waals surface area contributed by atoms with Crippen LogP contribution in [0.3, 0.4) is 0 Å². The normalized spacial score (nSPS) is 18.9. The predicted octanol–water partition coefficient (Wildman–Crippen LogP) is 3.48. The van der Waals surface area contributed by atoms with Crippen molar-refractivity contribution in [2.24, 2.45) is 0 Å². The van der Waals surface area contributed by atoms with Crippen LogP contribution in [0.25, 0.3) is 0 Å². The first kappa shape index (κ1) is 13.2. The highest BCUT2D eigenvalue weighted by Crippen LogP contribution is 2.44. The minimum absolute atomic E-state index is 0.248. The van der Waals surface area contributed by atoms with E-state index < -0.39 is 17.3 Å². The van der Waals surface area contributed by atoms with Gasteiger partial charge in [-0.3, -0.25) is 0 Å². The molecule has 0 radical (unpaired) electrons. The number of hydrogen-bond acceptors (Lipinski definition) is 2. The third-order valence-electron chi connectivity index (χ3n) is 3.46. The third kappa shape index (κ3) is 2.32. The lowest BCUT2D eigenvalue weighted by molar-refractivity contribution is -0.137. The Balaban J connectivity index is 2.49. The number of ether oxygens (including phenoxy) is 1. The molecule has 2 nitrogen and oxygen atoms in total. The zero-order chi connectivity index (χ0) is 13.4. The fourth-order valence-corrected chi connectivity index (χ4v) is 2.48. The molecule has 1 N–H and O–H groups in total. The second-order valence-corrected chi connectivity index (χ2v) is 4.65. The van der Waals surface area contributed by atoms with Crippen LogP contribution in [0.5, 0.6) is 5.75 Å². The van der Waals surface area contributed by atoms with E-state index in [2.05, 4.69) is 0 Å². The van der Waals surface area contributed by atoms with Gasteiger partial charge in [0.15, 0.2) is 0 Å². The van der Waals surface area contributed by atoms with Gasteiger partial charge < -0.3 is 9.84 Å². The van der Waals surface area contributed by atoms with E-state index in [4.69, 9.17) is 4.74 Å². The first-order chi connectivity index (χ1) is 8.37. The Labute approximate surface area is 103 Å². The van der Waals surface area contributed by atoms with Crippen molar-refractivity contribution in [3.63, 3.8) is 0 Å². The predicted molar refractivity (Wildman–Crippen MR) is 60.4 cm³/mol. The highest BCUT2D eigenvalue weighted by Gasteiger charge is 2.38. The summed E-state index contributed by atoms with van der Waals surface area (Å²) in [5.41, 5.74) is -1.69. The molecule has 1 aliphatic rings. The number of methoxy groups -OCH3 is 1. The Kier molecular flexibility index (Phi) is 3.27. The number of rotatable bonds is 2. The molecule has 100 valence electrons. The molecule has 1 fully saturated rings. The zero-order valence-corrected chi connectivity index (χ0v) is 10.0. The average molecular weight is 260 g/mol. The summed E-state index contributed by atoms with van der Waals surface area (Å²) >= 11 is 0. The van der Waals surface area contributed by atoms with Gasteiger partial charge in [-0.2, -0.15) is 13.2 Å². The van der Waals surface area contributed by atoms with Crippen LogP contribution in [0.15, 0.2) is 18.2 Å². The molecule has 0 amide bonds. The fraction of sp³-hybridized carbons (Fsp3) is 0.538. The van der Waals surface area contributed by atoms with Crippen LogP contribution < -0.4 is 4.74 Å².